The van der Waals surface area contributed by atoms with Gasteiger partial charge < -0.3 is 20.2 Å². The van der Waals surface area contributed by atoms with Gasteiger partial charge in [-0.1, -0.05) is 0 Å². The quantitative estimate of drug-likeness (QED) is 0.432. The molecule has 0 spiro atoms. The zero-order valence-corrected chi connectivity index (χ0v) is 18.0. The maximum atomic E-state index is 14.1. The summed E-state index contributed by atoms with van der Waals surface area (Å²) in [5, 5.41) is 3.22. The lowest BCUT2D eigenvalue weighted by Crippen LogP contribution is -2.22. The number of rotatable bonds is 5. The lowest BCUT2D eigenvalue weighted by Gasteiger charge is -2.17. The molecule has 0 saturated carbocycles. The van der Waals surface area contributed by atoms with Crippen LogP contribution in [0.4, 0.5) is 14.5 Å². The normalized spacial score (nSPS) is 14.1. The first-order valence-corrected chi connectivity index (χ1v) is 10.5. The molecule has 1 unspecified atom stereocenters. The Morgan fingerprint density at radius 1 is 1.18 bits per heavy atom. The van der Waals surface area contributed by atoms with Crippen LogP contribution in [-0.2, 0) is 13.0 Å². The molecule has 33 heavy (non-hydrogen) atoms. The Bertz CT molecular complexity index is 1460. The van der Waals surface area contributed by atoms with E-state index in [1.54, 1.807) is 24.1 Å². The number of nitrogens with zero attached hydrogens (tertiary/aromatic N) is 2. The molecule has 0 radical (unpaired) electrons. The van der Waals surface area contributed by atoms with Crippen molar-refractivity contribution in [3.63, 3.8) is 0 Å². The lowest BCUT2D eigenvalue weighted by atomic mass is 10.1. The van der Waals surface area contributed by atoms with E-state index in [9.17, 15) is 18.4 Å². The summed E-state index contributed by atoms with van der Waals surface area (Å²) in [4.78, 5) is 37.1. The van der Waals surface area contributed by atoms with E-state index in [2.05, 4.69) is 20.3 Å². The van der Waals surface area contributed by atoms with E-state index in [4.69, 9.17) is 0 Å². The van der Waals surface area contributed by atoms with E-state index in [-0.39, 0.29) is 29.5 Å². The van der Waals surface area contributed by atoms with Crippen molar-refractivity contribution >= 4 is 22.6 Å². The van der Waals surface area contributed by atoms with Crippen LogP contribution in [0.15, 0.2) is 47.4 Å². The van der Waals surface area contributed by atoms with Crippen molar-refractivity contribution in [1.82, 2.24) is 19.9 Å². The zero-order chi connectivity index (χ0) is 23.3. The third-order valence-electron chi connectivity index (χ3n) is 5.82. The first kappa shape index (κ1) is 20.9. The first-order chi connectivity index (χ1) is 15.8. The number of benzene rings is 2. The smallest absolute Gasteiger partial charge is 0.261 e. The number of aromatic amines is 2. The van der Waals surface area contributed by atoms with Crippen molar-refractivity contribution in [2.24, 2.45) is 0 Å². The van der Waals surface area contributed by atoms with Gasteiger partial charge in [0.05, 0.1) is 16.7 Å². The molecular formula is C24H21F2N5O2. The number of H-pyrrole nitrogens is 2. The zero-order valence-electron chi connectivity index (χ0n) is 18.0. The fourth-order valence-electron chi connectivity index (χ4n) is 4.26. The molecule has 1 aliphatic rings. The standard InChI is InChI=1S/C24H21F2N5O2/c1-12(7-13-8-15(25)3-4-17(13)26)28-18-5-6-27-23(32)21(18)22-29-19-9-14-11-31(2)24(33)16(14)10-20(19)30-22/h3-6,8-10,12H,7,11H2,1-2H3,(H,29,30)(H2,27,28,32). The highest BCUT2D eigenvalue weighted by molar-refractivity contribution is 6.01. The first-order valence-electron chi connectivity index (χ1n) is 10.5. The van der Waals surface area contributed by atoms with Gasteiger partial charge in [0.2, 0.25) is 0 Å². The Labute approximate surface area is 187 Å². The van der Waals surface area contributed by atoms with Gasteiger partial charge in [-0.25, -0.2) is 13.8 Å². The molecule has 7 nitrogen and oxygen atoms in total. The van der Waals surface area contributed by atoms with E-state index in [1.807, 2.05) is 13.0 Å². The topological polar surface area (TPSA) is 93.9 Å². The number of amides is 1. The van der Waals surface area contributed by atoms with Gasteiger partial charge in [-0.3, -0.25) is 9.59 Å². The average molecular weight is 449 g/mol. The number of halogens is 2. The predicted molar refractivity (Wildman–Crippen MR) is 121 cm³/mol. The number of carbonyl (C=O) groups excluding carboxylic acids is 1. The average Bonchev–Trinajstić information content (AvgIpc) is 3.29. The third-order valence-corrected chi connectivity index (χ3v) is 5.82. The number of anilines is 1. The Morgan fingerprint density at radius 2 is 2.00 bits per heavy atom. The molecule has 5 rings (SSSR count). The highest BCUT2D eigenvalue weighted by Crippen LogP contribution is 2.29. The number of hydrogen-bond acceptors (Lipinski definition) is 4. The van der Waals surface area contributed by atoms with Crippen molar-refractivity contribution < 1.29 is 13.6 Å². The second-order valence-corrected chi connectivity index (χ2v) is 8.35. The van der Waals surface area contributed by atoms with Crippen LogP contribution in [0.5, 0.6) is 0 Å². The van der Waals surface area contributed by atoms with E-state index in [0.29, 0.717) is 34.7 Å². The van der Waals surface area contributed by atoms with Crippen LogP contribution in [0.25, 0.3) is 22.4 Å². The highest BCUT2D eigenvalue weighted by atomic mass is 19.1. The number of nitrogens with one attached hydrogen (secondary N) is 3. The van der Waals surface area contributed by atoms with E-state index >= 15 is 0 Å². The molecule has 1 amide bonds. The molecule has 2 aromatic heterocycles. The molecule has 2 aromatic carbocycles. The predicted octanol–water partition coefficient (Wildman–Crippen LogP) is 3.83. The molecule has 3 N–H and O–H groups in total. The summed E-state index contributed by atoms with van der Waals surface area (Å²) in [7, 11) is 1.74. The van der Waals surface area contributed by atoms with Crippen LogP contribution < -0.4 is 10.9 Å². The summed E-state index contributed by atoms with van der Waals surface area (Å²) in [6.45, 7) is 2.34. The van der Waals surface area contributed by atoms with Gasteiger partial charge in [-0.05, 0) is 60.9 Å². The number of carbonyl (C=O) groups is 1. The molecule has 4 aromatic rings. The summed E-state index contributed by atoms with van der Waals surface area (Å²) in [6.07, 6.45) is 1.73. The largest absolute Gasteiger partial charge is 0.381 e. The summed E-state index contributed by atoms with van der Waals surface area (Å²) < 4.78 is 27.6. The maximum Gasteiger partial charge on any atom is 0.261 e. The van der Waals surface area contributed by atoms with Crippen LogP contribution in [0.2, 0.25) is 0 Å². The van der Waals surface area contributed by atoms with Gasteiger partial charge in [-0.15, -0.1) is 0 Å². The fourth-order valence-corrected chi connectivity index (χ4v) is 4.26. The number of imidazole rings is 1. The molecule has 168 valence electrons. The summed E-state index contributed by atoms with van der Waals surface area (Å²) in [5.74, 6) is -0.700. The van der Waals surface area contributed by atoms with Gasteiger partial charge in [0.25, 0.3) is 11.5 Å². The molecule has 3 heterocycles. The minimum absolute atomic E-state index is 0.0604. The molecular weight excluding hydrogens is 428 g/mol. The molecule has 0 bridgehead atoms. The second-order valence-electron chi connectivity index (χ2n) is 8.35. The minimum Gasteiger partial charge on any atom is -0.381 e. The molecule has 0 fully saturated rings. The molecule has 1 atom stereocenters. The van der Waals surface area contributed by atoms with Crippen LogP contribution in [0, 0.1) is 11.6 Å². The second kappa shape index (κ2) is 7.84. The maximum absolute atomic E-state index is 14.1. The SMILES string of the molecule is CC(Cc1cc(F)ccc1F)Nc1cc[nH]c(=O)c1-c1nc2cc3c(cc2[nH]1)CN(C)C3=O. The van der Waals surface area contributed by atoms with Gasteiger partial charge in [0, 0.05) is 31.4 Å². The summed E-state index contributed by atoms with van der Waals surface area (Å²) in [5.41, 5.74) is 3.49. The van der Waals surface area contributed by atoms with Crippen molar-refractivity contribution in [1.29, 1.82) is 0 Å². The fraction of sp³-hybridized carbons (Fsp3) is 0.208. The Kier molecular flexibility index (Phi) is 4.96. The van der Waals surface area contributed by atoms with Gasteiger partial charge in [0.1, 0.15) is 23.0 Å². The lowest BCUT2D eigenvalue weighted by molar-refractivity contribution is 0.0816. The molecule has 9 heteroatoms. The van der Waals surface area contributed by atoms with Crippen molar-refractivity contribution in [2.75, 3.05) is 12.4 Å². The van der Waals surface area contributed by atoms with Gasteiger partial charge in [0.15, 0.2) is 0 Å². The van der Waals surface area contributed by atoms with Gasteiger partial charge >= 0.3 is 0 Å². The Hall–Kier alpha value is -4.01. The number of fused-ring (bicyclic) bond motifs is 2. The Morgan fingerprint density at radius 3 is 2.82 bits per heavy atom. The molecule has 1 aliphatic heterocycles. The van der Waals surface area contributed by atoms with Crippen LogP contribution >= 0.6 is 0 Å². The molecule has 0 saturated heterocycles. The molecule has 0 aliphatic carbocycles. The van der Waals surface area contributed by atoms with Crippen LogP contribution in [0.3, 0.4) is 0 Å². The minimum atomic E-state index is -0.505. The van der Waals surface area contributed by atoms with Gasteiger partial charge in [-0.2, -0.15) is 0 Å². The van der Waals surface area contributed by atoms with Crippen molar-refractivity contribution in [3.05, 3.63) is 81.3 Å². The van der Waals surface area contributed by atoms with Crippen LogP contribution in [-0.4, -0.2) is 38.8 Å². The van der Waals surface area contributed by atoms with Crippen LogP contribution in [0.1, 0.15) is 28.4 Å². The van der Waals surface area contributed by atoms with E-state index < -0.39 is 11.6 Å². The van der Waals surface area contributed by atoms with Crippen molar-refractivity contribution in [2.45, 2.75) is 25.9 Å². The monoisotopic (exact) mass is 449 g/mol. The highest BCUT2D eigenvalue weighted by Gasteiger charge is 2.26. The van der Waals surface area contributed by atoms with Crippen molar-refractivity contribution in [3.8, 4) is 11.4 Å². The number of hydrogen-bond donors (Lipinski definition) is 3. The van der Waals surface area contributed by atoms with E-state index in [1.165, 1.54) is 12.3 Å². The number of aromatic nitrogens is 3. The third kappa shape index (κ3) is 3.75. The summed E-state index contributed by atoms with van der Waals surface area (Å²) in [6, 6.07) is 8.35. The summed E-state index contributed by atoms with van der Waals surface area (Å²) >= 11 is 0. The Balaban J connectivity index is 1.49. The number of pyridine rings is 1. The van der Waals surface area contributed by atoms with E-state index in [0.717, 1.165) is 23.2 Å².